The van der Waals surface area contributed by atoms with Crippen LogP contribution < -0.4 is 5.32 Å². The van der Waals surface area contributed by atoms with E-state index in [9.17, 15) is 9.60 Å². The zero-order valence-electron chi connectivity index (χ0n) is 12.0. The van der Waals surface area contributed by atoms with Gasteiger partial charge < -0.3 is 10.5 Å². The Balaban J connectivity index is 1.73. The molecular weight excluding hydrogens is 387 g/mol. The van der Waals surface area contributed by atoms with Gasteiger partial charge in [-0.15, -0.1) is 11.8 Å². The Morgan fingerprint density at radius 3 is 2.96 bits per heavy atom. The fourth-order valence-corrected chi connectivity index (χ4v) is 3.56. The minimum Gasteiger partial charge on any atom is -0.411 e. The number of benzene rings is 1. The van der Waals surface area contributed by atoms with Crippen molar-refractivity contribution in [3.8, 4) is 0 Å². The number of hydrogen-bond donors (Lipinski definition) is 2. The molecule has 0 spiro atoms. The first kappa shape index (κ1) is 16.4. The highest BCUT2D eigenvalue weighted by molar-refractivity contribution is 9.10. The molecule has 23 heavy (non-hydrogen) atoms. The normalized spacial score (nSPS) is 15.7. The molecule has 1 saturated heterocycles. The van der Waals surface area contributed by atoms with E-state index in [2.05, 4.69) is 36.7 Å². The van der Waals surface area contributed by atoms with Crippen molar-refractivity contribution in [2.75, 3.05) is 18.8 Å². The summed E-state index contributed by atoms with van der Waals surface area (Å²) < 4.78 is 18.5. The number of hydrogen-bond acceptors (Lipinski definition) is 7. The van der Waals surface area contributed by atoms with Crippen molar-refractivity contribution in [3.63, 3.8) is 0 Å². The summed E-state index contributed by atoms with van der Waals surface area (Å²) in [7, 11) is 0. The van der Waals surface area contributed by atoms with E-state index < -0.39 is 0 Å². The van der Waals surface area contributed by atoms with E-state index in [1.807, 2.05) is 0 Å². The molecule has 1 aliphatic heterocycles. The summed E-state index contributed by atoms with van der Waals surface area (Å²) >= 11 is 4.67. The summed E-state index contributed by atoms with van der Waals surface area (Å²) in [5, 5.41) is 24.2. The Morgan fingerprint density at radius 2 is 2.30 bits per heavy atom. The highest BCUT2D eigenvalue weighted by atomic mass is 79.9. The molecule has 6 nitrogen and oxygen atoms in total. The van der Waals surface area contributed by atoms with Crippen LogP contribution in [0.1, 0.15) is 11.3 Å². The lowest BCUT2D eigenvalue weighted by molar-refractivity contribution is 0.296. The molecule has 2 aromatic rings. The predicted molar refractivity (Wildman–Crippen MR) is 87.5 cm³/mol. The lowest BCUT2D eigenvalue weighted by atomic mass is 10.1. The molecule has 2 heterocycles. The molecule has 9 heteroatoms. The van der Waals surface area contributed by atoms with Crippen LogP contribution in [0.4, 0.5) is 4.39 Å². The van der Waals surface area contributed by atoms with Crippen LogP contribution in [0.5, 0.6) is 0 Å². The van der Waals surface area contributed by atoms with Crippen molar-refractivity contribution >= 4 is 33.4 Å². The lowest BCUT2D eigenvalue weighted by Crippen LogP contribution is -2.43. The van der Waals surface area contributed by atoms with Gasteiger partial charge in [-0.1, -0.05) is 11.2 Å². The van der Waals surface area contributed by atoms with Crippen LogP contribution in [0.25, 0.3) is 0 Å². The summed E-state index contributed by atoms with van der Waals surface area (Å²) in [6.07, 6.45) is 0.294. The maximum Gasteiger partial charge on any atom is 0.170 e. The van der Waals surface area contributed by atoms with Gasteiger partial charge in [0.25, 0.3) is 0 Å². The van der Waals surface area contributed by atoms with E-state index in [0.717, 1.165) is 24.4 Å². The zero-order chi connectivity index (χ0) is 16.2. The van der Waals surface area contributed by atoms with Gasteiger partial charge in [0.2, 0.25) is 0 Å². The number of oxime groups is 1. The molecule has 0 aliphatic carbocycles. The molecule has 0 unspecified atom stereocenters. The largest absolute Gasteiger partial charge is 0.411 e. The van der Waals surface area contributed by atoms with Crippen LogP contribution in [-0.2, 0) is 6.42 Å². The minimum atomic E-state index is -0.343. The van der Waals surface area contributed by atoms with E-state index in [-0.39, 0.29) is 5.82 Å². The quantitative estimate of drug-likeness (QED) is 0.335. The monoisotopic (exact) mass is 400 g/mol. The van der Waals surface area contributed by atoms with Crippen molar-refractivity contribution in [2.24, 2.45) is 11.1 Å². The van der Waals surface area contributed by atoms with Gasteiger partial charge >= 0.3 is 0 Å². The van der Waals surface area contributed by atoms with Crippen LogP contribution >= 0.6 is 27.7 Å². The van der Waals surface area contributed by atoms with Crippen LogP contribution in [0.2, 0.25) is 0 Å². The third kappa shape index (κ3) is 3.91. The van der Waals surface area contributed by atoms with E-state index in [4.69, 9.17) is 4.63 Å². The van der Waals surface area contributed by atoms with E-state index in [1.54, 1.807) is 12.1 Å². The maximum absolute atomic E-state index is 13.3. The van der Waals surface area contributed by atoms with Gasteiger partial charge in [-0.25, -0.2) is 9.02 Å². The molecule has 1 aromatic heterocycles. The van der Waals surface area contributed by atoms with Gasteiger partial charge in [0.05, 0.1) is 4.47 Å². The molecular formula is C14H14BrFN4O2S. The highest BCUT2D eigenvalue weighted by Gasteiger charge is 2.22. The molecule has 0 atom stereocenters. The Hall–Kier alpha value is -1.45. The molecule has 2 N–H and O–H groups in total. The molecule has 1 aliphatic rings. The highest BCUT2D eigenvalue weighted by Crippen LogP contribution is 2.25. The molecule has 122 valence electrons. The number of rotatable bonds is 6. The van der Waals surface area contributed by atoms with Gasteiger partial charge in [0, 0.05) is 12.2 Å². The van der Waals surface area contributed by atoms with Gasteiger partial charge in [-0.3, -0.25) is 0 Å². The second-order valence-electron chi connectivity index (χ2n) is 5.23. The van der Waals surface area contributed by atoms with Crippen molar-refractivity contribution in [1.29, 1.82) is 0 Å². The second kappa shape index (κ2) is 7.41. The van der Waals surface area contributed by atoms with E-state index in [1.165, 1.54) is 17.8 Å². The Bertz CT molecular complexity index is 721. The summed E-state index contributed by atoms with van der Waals surface area (Å²) in [6.45, 7) is 2.00. The van der Waals surface area contributed by atoms with Gasteiger partial charge in [-0.2, -0.15) is 0 Å². The summed E-state index contributed by atoms with van der Waals surface area (Å²) in [5.41, 5.74) is 1.54. The fraction of sp³-hybridized carbons (Fsp3) is 0.357. The first-order chi connectivity index (χ1) is 11.2. The second-order valence-corrected chi connectivity index (χ2v) is 7.09. The topological polar surface area (TPSA) is 83.5 Å². The van der Waals surface area contributed by atoms with Gasteiger partial charge in [0.15, 0.2) is 10.7 Å². The summed E-state index contributed by atoms with van der Waals surface area (Å²) in [5.74, 6) is 1.16. The standard InChI is InChI=1S/C14H14BrFN4O2S/c15-10-3-8(1-2-11(10)16)4-12(18-21)13-14(20-22-19-13)23-7-9-5-17-6-9/h1-3,9,17,21H,4-7H2/b18-12+. The minimum absolute atomic E-state index is 0.294. The smallest absolute Gasteiger partial charge is 0.170 e. The summed E-state index contributed by atoms with van der Waals surface area (Å²) in [4.78, 5) is 0. The molecule has 1 aromatic carbocycles. The third-order valence-electron chi connectivity index (χ3n) is 3.53. The SMILES string of the molecule is O/N=C(\Cc1ccc(F)c(Br)c1)c1nonc1SCC1CNC1. The average Bonchev–Trinajstić information content (AvgIpc) is 2.95. The lowest BCUT2D eigenvalue weighted by Gasteiger charge is -2.26. The molecule has 0 radical (unpaired) electrons. The van der Waals surface area contributed by atoms with Crippen molar-refractivity contribution in [3.05, 3.63) is 39.7 Å². The van der Waals surface area contributed by atoms with Gasteiger partial charge in [-0.05, 0) is 62.9 Å². The average molecular weight is 401 g/mol. The van der Waals surface area contributed by atoms with Crippen LogP contribution in [0.15, 0.2) is 37.5 Å². The van der Waals surface area contributed by atoms with Crippen molar-refractivity contribution < 1.29 is 14.2 Å². The summed E-state index contributed by atoms with van der Waals surface area (Å²) in [6, 6.07) is 4.63. The fourth-order valence-electron chi connectivity index (χ4n) is 2.12. The molecule has 0 saturated carbocycles. The van der Waals surface area contributed by atoms with Crippen LogP contribution in [0, 0.1) is 11.7 Å². The maximum atomic E-state index is 13.3. The molecule has 0 amide bonds. The zero-order valence-corrected chi connectivity index (χ0v) is 14.4. The first-order valence-electron chi connectivity index (χ1n) is 6.98. The van der Waals surface area contributed by atoms with E-state index in [0.29, 0.717) is 33.2 Å². The van der Waals surface area contributed by atoms with Crippen molar-refractivity contribution in [2.45, 2.75) is 11.4 Å². The number of aromatic nitrogens is 2. The Kier molecular flexibility index (Phi) is 5.29. The van der Waals surface area contributed by atoms with Crippen molar-refractivity contribution in [1.82, 2.24) is 15.6 Å². The van der Waals surface area contributed by atoms with E-state index >= 15 is 0 Å². The molecule has 1 fully saturated rings. The van der Waals surface area contributed by atoms with Gasteiger partial charge in [0.1, 0.15) is 11.5 Å². The van der Waals surface area contributed by atoms with Crippen LogP contribution in [-0.4, -0.2) is 40.1 Å². The third-order valence-corrected chi connectivity index (χ3v) is 5.32. The molecule has 3 rings (SSSR count). The molecule has 0 bridgehead atoms. The number of halogens is 2. The Morgan fingerprint density at radius 1 is 1.48 bits per heavy atom. The number of thioether (sulfide) groups is 1. The number of nitrogens with one attached hydrogen (secondary N) is 1. The number of nitrogens with zero attached hydrogens (tertiary/aromatic N) is 3. The predicted octanol–water partition coefficient (Wildman–Crippen LogP) is 2.70. The first-order valence-corrected chi connectivity index (χ1v) is 8.76. The Labute approximate surface area is 144 Å². The van der Waals surface area contributed by atoms with Crippen LogP contribution in [0.3, 0.4) is 0 Å².